The number of aliphatic hydroxyl groups excluding tert-OH is 1. The monoisotopic (exact) mass is 462 g/mol. The molecule has 1 aromatic heterocycles. The van der Waals surface area contributed by atoms with Gasteiger partial charge in [-0.2, -0.15) is 0 Å². The van der Waals surface area contributed by atoms with Crippen molar-refractivity contribution in [1.82, 2.24) is 14.8 Å². The van der Waals surface area contributed by atoms with E-state index in [2.05, 4.69) is 26.2 Å². The number of pyridine rings is 1. The van der Waals surface area contributed by atoms with Gasteiger partial charge in [-0.1, -0.05) is 24.3 Å². The largest absolute Gasteiger partial charge is 0.482 e. The summed E-state index contributed by atoms with van der Waals surface area (Å²) in [6.07, 6.45) is 0.303. The predicted octanol–water partition coefficient (Wildman–Crippen LogP) is 2.47. The average Bonchev–Trinajstić information content (AvgIpc) is 2.87. The van der Waals surface area contributed by atoms with Gasteiger partial charge in [-0.25, -0.2) is 4.98 Å². The molecule has 1 unspecified atom stereocenters. The number of carbonyl (C=O) groups excluding carboxylic acids is 1. The van der Waals surface area contributed by atoms with Crippen molar-refractivity contribution in [3.8, 4) is 11.6 Å². The summed E-state index contributed by atoms with van der Waals surface area (Å²) in [5, 5.41) is 14.9. The van der Waals surface area contributed by atoms with Gasteiger partial charge in [0.05, 0.1) is 24.4 Å². The third-order valence-corrected chi connectivity index (χ3v) is 6.58. The number of carbonyl (C=O) groups is 1. The van der Waals surface area contributed by atoms with Gasteiger partial charge in [0, 0.05) is 56.3 Å². The first kappa shape index (κ1) is 22.6. The molecule has 3 heterocycles. The Balaban J connectivity index is 1.14. The van der Waals surface area contributed by atoms with Crippen LogP contribution in [0.4, 0.5) is 5.69 Å². The van der Waals surface area contributed by atoms with E-state index in [1.165, 1.54) is 5.56 Å². The number of rotatable bonds is 7. The number of para-hydroxylation sites is 1. The maximum atomic E-state index is 11.6. The zero-order chi connectivity index (χ0) is 23.5. The summed E-state index contributed by atoms with van der Waals surface area (Å²) >= 11 is 0. The predicted molar refractivity (Wildman–Crippen MR) is 130 cm³/mol. The molecule has 8 heteroatoms. The van der Waals surface area contributed by atoms with E-state index >= 15 is 0 Å². The number of hydrogen-bond acceptors (Lipinski definition) is 7. The van der Waals surface area contributed by atoms with Crippen molar-refractivity contribution < 1.29 is 19.4 Å². The van der Waals surface area contributed by atoms with E-state index in [1.54, 1.807) is 7.11 Å². The van der Waals surface area contributed by atoms with Gasteiger partial charge in [0.25, 0.3) is 5.91 Å². The van der Waals surface area contributed by atoms with E-state index < -0.39 is 6.10 Å². The molecule has 34 heavy (non-hydrogen) atoms. The number of aliphatic hydroxyl groups is 1. The van der Waals surface area contributed by atoms with Gasteiger partial charge in [-0.15, -0.1) is 0 Å². The fourth-order valence-electron chi connectivity index (χ4n) is 4.65. The average molecular weight is 463 g/mol. The number of fused-ring (bicyclic) bond motifs is 2. The first-order valence-corrected chi connectivity index (χ1v) is 11.7. The Bertz CT molecular complexity index is 1180. The molecule has 1 saturated heterocycles. The second-order valence-electron chi connectivity index (χ2n) is 8.85. The molecule has 0 aliphatic carbocycles. The Kier molecular flexibility index (Phi) is 6.62. The topological polar surface area (TPSA) is 87.2 Å². The minimum absolute atomic E-state index is 0.0799. The lowest BCUT2D eigenvalue weighted by Crippen LogP contribution is -2.47. The van der Waals surface area contributed by atoms with Gasteiger partial charge in [-0.05, 0) is 30.2 Å². The Morgan fingerprint density at radius 2 is 1.94 bits per heavy atom. The molecule has 1 atom stereocenters. The van der Waals surface area contributed by atoms with E-state index in [-0.39, 0.29) is 12.5 Å². The van der Waals surface area contributed by atoms with Crippen molar-refractivity contribution in [1.29, 1.82) is 0 Å². The fraction of sp³-hybridized carbons (Fsp3) is 0.385. The highest BCUT2D eigenvalue weighted by atomic mass is 16.5. The van der Waals surface area contributed by atoms with E-state index in [4.69, 9.17) is 9.47 Å². The van der Waals surface area contributed by atoms with Crippen molar-refractivity contribution in [2.24, 2.45) is 0 Å². The van der Waals surface area contributed by atoms with Crippen LogP contribution in [0.3, 0.4) is 0 Å². The molecule has 3 aromatic rings. The summed E-state index contributed by atoms with van der Waals surface area (Å²) < 4.78 is 10.7. The molecule has 0 bridgehead atoms. The first-order valence-electron chi connectivity index (χ1n) is 11.7. The smallest absolute Gasteiger partial charge is 0.262 e. The van der Waals surface area contributed by atoms with Crippen LogP contribution < -0.4 is 14.8 Å². The fourth-order valence-corrected chi connectivity index (χ4v) is 4.65. The van der Waals surface area contributed by atoms with Crippen LogP contribution in [0.1, 0.15) is 17.2 Å². The van der Waals surface area contributed by atoms with Crippen molar-refractivity contribution in [3.63, 3.8) is 0 Å². The van der Waals surface area contributed by atoms with Crippen LogP contribution in [0.5, 0.6) is 11.6 Å². The molecule has 178 valence electrons. The van der Waals surface area contributed by atoms with Crippen molar-refractivity contribution in [2.75, 3.05) is 58.3 Å². The lowest BCUT2D eigenvalue weighted by Gasteiger charge is -2.35. The molecule has 8 nitrogen and oxygen atoms in total. The molecule has 0 spiro atoms. The van der Waals surface area contributed by atoms with Crippen LogP contribution >= 0.6 is 0 Å². The molecule has 0 radical (unpaired) electrons. The number of nitrogens with one attached hydrogen (secondary N) is 1. The molecule has 2 N–H and O–H groups in total. The van der Waals surface area contributed by atoms with E-state index in [0.29, 0.717) is 12.4 Å². The van der Waals surface area contributed by atoms with Crippen molar-refractivity contribution in [3.05, 3.63) is 59.7 Å². The molecular weight excluding hydrogens is 432 g/mol. The van der Waals surface area contributed by atoms with Crippen molar-refractivity contribution in [2.45, 2.75) is 12.5 Å². The first-order chi connectivity index (χ1) is 16.6. The SMILES string of the molecule is COc1ccc2cccc(C(O)CN3CCN(CCc4ccc5c(c4)NC(=O)CO5)CC3)c2n1. The van der Waals surface area contributed by atoms with Crippen LogP contribution in [0.2, 0.25) is 0 Å². The molecule has 5 rings (SSSR count). The zero-order valence-corrected chi connectivity index (χ0v) is 19.4. The van der Waals surface area contributed by atoms with Crippen LogP contribution in [0.15, 0.2) is 48.5 Å². The molecule has 2 aliphatic heterocycles. The van der Waals surface area contributed by atoms with Crippen LogP contribution in [0.25, 0.3) is 10.9 Å². The number of methoxy groups -OCH3 is 1. The summed E-state index contributed by atoms with van der Waals surface area (Å²) in [6, 6.07) is 15.7. The molecule has 2 aromatic carbocycles. The van der Waals surface area contributed by atoms with Gasteiger partial charge in [0.1, 0.15) is 5.75 Å². The number of nitrogens with zero attached hydrogens (tertiary/aromatic N) is 3. The normalized spacial score (nSPS) is 17.6. The summed E-state index contributed by atoms with van der Waals surface area (Å²) in [5.74, 6) is 1.17. The highest BCUT2D eigenvalue weighted by molar-refractivity contribution is 5.95. The van der Waals surface area contributed by atoms with Crippen LogP contribution in [-0.4, -0.2) is 78.8 Å². The summed E-state index contributed by atoms with van der Waals surface area (Å²) in [5.41, 5.74) is 3.57. The molecule has 1 fully saturated rings. The lowest BCUT2D eigenvalue weighted by atomic mass is 10.0. The molecule has 0 saturated carbocycles. The van der Waals surface area contributed by atoms with E-state index in [0.717, 1.165) is 67.0 Å². The number of anilines is 1. The van der Waals surface area contributed by atoms with Gasteiger partial charge in [-0.3, -0.25) is 9.69 Å². The zero-order valence-electron chi connectivity index (χ0n) is 19.4. The van der Waals surface area contributed by atoms with Gasteiger partial charge < -0.3 is 24.8 Å². The summed E-state index contributed by atoms with van der Waals surface area (Å²) in [4.78, 5) is 20.9. The summed E-state index contributed by atoms with van der Waals surface area (Å²) in [6.45, 7) is 5.35. The quantitative estimate of drug-likeness (QED) is 0.558. The Labute approximate surface area is 199 Å². The Morgan fingerprint density at radius 3 is 2.76 bits per heavy atom. The minimum atomic E-state index is -0.609. The third kappa shape index (κ3) is 4.99. The lowest BCUT2D eigenvalue weighted by molar-refractivity contribution is -0.118. The number of ether oxygens (including phenoxy) is 2. The van der Waals surface area contributed by atoms with Gasteiger partial charge in [0.2, 0.25) is 5.88 Å². The van der Waals surface area contributed by atoms with E-state index in [9.17, 15) is 9.90 Å². The van der Waals surface area contributed by atoms with E-state index in [1.807, 2.05) is 42.5 Å². The second kappa shape index (κ2) is 9.97. The van der Waals surface area contributed by atoms with Crippen LogP contribution in [0, 0.1) is 0 Å². The molecular formula is C26H30N4O4. The molecule has 2 aliphatic rings. The number of β-amino-alcohol motifs (C(OH)–C–C–N with tert-alkyl or cyclic N) is 1. The summed E-state index contributed by atoms with van der Waals surface area (Å²) in [7, 11) is 1.60. The number of hydrogen-bond donors (Lipinski definition) is 2. The van der Waals surface area contributed by atoms with Gasteiger partial charge >= 0.3 is 0 Å². The third-order valence-electron chi connectivity index (χ3n) is 6.58. The number of amides is 1. The number of benzene rings is 2. The standard InChI is InChI=1S/C26H30N4O4/c1-33-25-8-6-19-3-2-4-20(26(19)28-25)22(31)16-30-13-11-29(12-14-30)10-9-18-5-7-23-21(15-18)27-24(32)17-34-23/h2-8,15,22,31H,9-14,16-17H2,1H3,(H,27,32). The highest BCUT2D eigenvalue weighted by Gasteiger charge is 2.22. The second-order valence-corrected chi connectivity index (χ2v) is 8.85. The maximum Gasteiger partial charge on any atom is 0.262 e. The number of aromatic nitrogens is 1. The van der Waals surface area contributed by atoms with Crippen molar-refractivity contribution >= 4 is 22.5 Å². The number of piperazine rings is 1. The Hall–Kier alpha value is -3.20. The van der Waals surface area contributed by atoms with Crippen LogP contribution in [-0.2, 0) is 11.2 Å². The minimum Gasteiger partial charge on any atom is -0.482 e. The van der Waals surface area contributed by atoms with Gasteiger partial charge in [0.15, 0.2) is 6.61 Å². The highest BCUT2D eigenvalue weighted by Crippen LogP contribution is 2.29. The maximum absolute atomic E-state index is 11.6. The molecule has 1 amide bonds. The Morgan fingerprint density at radius 1 is 1.12 bits per heavy atom.